The largest absolute Gasteiger partial charge is 0.492 e. The highest BCUT2D eigenvalue weighted by Gasteiger charge is 2.42. The van der Waals surface area contributed by atoms with Gasteiger partial charge in [-0.15, -0.1) is 0 Å². The molecule has 2 aromatic rings. The zero-order valence-corrected chi connectivity index (χ0v) is 18.4. The van der Waals surface area contributed by atoms with Crippen molar-refractivity contribution in [3.63, 3.8) is 0 Å². The number of piperidine rings is 1. The van der Waals surface area contributed by atoms with Crippen molar-refractivity contribution in [1.29, 1.82) is 0 Å². The van der Waals surface area contributed by atoms with Crippen molar-refractivity contribution < 1.29 is 13.9 Å². The van der Waals surface area contributed by atoms with Crippen LogP contribution in [-0.2, 0) is 10.2 Å². The van der Waals surface area contributed by atoms with Crippen molar-refractivity contribution >= 4 is 11.6 Å². The van der Waals surface area contributed by atoms with E-state index < -0.39 is 5.41 Å². The molecule has 1 heterocycles. The maximum atomic E-state index is 13.4. The van der Waals surface area contributed by atoms with E-state index >= 15 is 0 Å². The second kappa shape index (κ2) is 9.82. The van der Waals surface area contributed by atoms with E-state index in [9.17, 15) is 9.18 Å². The molecule has 1 aliphatic carbocycles. The SMILES string of the molecule is C[C@H]1CCCCN1CCOc1ccc(NC(=O)C2(c3ccc(F)cc3)CCCC2)cc1. The van der Waals surface area contributed by atoms with E-state index in [1.54, 1.807) is 12.1 Å². The number of hydrogen-bond donors (Lipinski definition) is 1. The molecule has 1 saturated carbocycles. The van der Waals surface area contributed by atoms with Crippen molar-refractivity contribution in [2.75, 3.05) is 25.0 Å². The number of anilines is 1. The van der Waals surface area contributed by atoms with Gasteiger partial charge >= 0.3 is 0 Å². The highest BCUT2D eigenvalue weighted by atomic mass is 19.1. The molecule has 0 radical (unpaired) electrons. The number of benzene rings is 2. The van der Waals surface area contributed by atoms with Crippen LogP contribution < -0.4 is 10.1 Å². The normalized spacial score (nSPS) is 21.0. The van der Waals surface area contributed by atoms with Gasteiger partial charge in [-0.05, 0) is 81.1 Å². The number of nitrogens with zero attached hydrogens (tertiary/aromatic N) is 1. The first kappa shape index (κ1) is 21.8. The standard InChI is InChI=1S/C26H33FN2O2/c1-20-6-2-5-17-29(20)18-19-31-24-13-11-23(12-14-24)28-25(30)26(15-3-4-16-26)21-7-9-22(27)10-8-21/h7-14,20H,2-6,15-19H2,1H3,(H,28,30)/t20-/m0/s1. The molecule has 0 unspecified atom stereocenters. The number of rotatable bonds is 7. The number of hydrogen-bond acceptors (Lipinski definition) is 3. The zero-order chi connectivity index (χ0) is 21.7. The number of carbonyl (C=O) groups excluding carboxylic acids is 1. The lowest BCUT2D eigenvalue weighted by Gasteiger charge is -2.33. The van der Waals surface area contributed by atoms with Crippen LogP contribution in [0.4, 0.5) is 10.1 Å². The minimum atomic E-state index is -0.575. The van der Waals surface area contributed by atoms with Crippen molar-refractivity contribution in [1.82, 2.24) is 4.90 Å². The Morgan fingerprint density at radius 2 is 1.77 bits per heavy atom. The molecule has 0 bridgehead atoms. The van der Waals surface area contributed by atoms with Gasteiger partial charge in [0, 0.05) is 18.3 Å². The van der Waals surface area contributed by atoms with Crippen molar-refractivity contribution in [3.05, 3.63) is 59.9 Å². The predicted octanol–water partition coefficient (Wildman–Crippen LogP) is 5.53. The molecule has 1 N–H and O–H groups in total. The Balaban J connectivity index is 1.34. The summed E-state index contributed by atoms with van der Waals surface area (Å²) >= 11 is 0. The summed E-state index contributed by atoms with van der Waals surface area (Å²) in [5, 5.41) is 3.08. The topological polar surface area (TPSA) is 41.6 Å². The molecule has 1 saturated heterocycles. The summed E-state index contributed by atoms with van der Waals surface area (Å²) in [6, 6.07) is 14.6. The van der Waals surface area contributed by atoms with E-state index in [-0.39, 0.29) is 11.7 Å². The zero-order valence-electron chi connectivity index (χ0n) is 18.4. The van der Waals surface area contributed by atoms with Crippen molar-refractivity contribution in [3.8, 4) is 5.75 Å². The van der Waals surface area contributed by atoms with Gasteiger partial charge in [-0.1, -0.05) is 31.4 Å². The number of nitrogens with one attached hydrogen (secondary N) is 1. The summed E-state index contributed by atoms with van der Waals surface area (Å²) in [5.74, 6) is 0.531. The van der Waals surface area contributed by atoms with Gasteiger partial charge in [0.1, 0.15) is 18.2 Å². The number of amides is 1. The second-order valence-corrected chi connectivity index (χ2v) is 9.00. The Kier molecular flexibility index (Phi) is 6.91. The minimum Gasteiger partial charge on any atom is -0.492 e. The van der Waals surface area contributed by atoms with E-state index in [1.165, 1.54) is 31.4 Å². The van der Waals surface area contributed by atoms with E-state index in [2.05, 4.69) is 17.1 Å². The second-order valence-electron chi connectivity index (χ2n) is 9.00. The molecule has 1 atom stereocenters. The molecule has 1 aliphatic heterocycles. The Bertz CT molecular complexity index is 860. The number of likely N-dealkylation sites (tertiary alicyclic amines) is 1. The molecular formula is C26H33FN2O2. The molecule has 0 spiro atoms. The Morgan fingerprint density at radius 3 is 2.45 bits per heavy atom. The molecular weight excluding hydrogens is 391 g/mol. The number of ether oxygens (including phenoxy) is 1. The van der Waals surface area contributed by atoms with Crippen LogP contribution in [-0.4, -0.2) is 36.5 Å². The third-order valence-electron chi connectivity index (χ3n) is 6.99. The molecule has 31 heavy (non-hydrogen) atoms. The van der Waals surface area contributed by atoms with Gasteiger partial charge in [0.2, 0.25) is 5.91 Å². The van der Waals surface area contributed by atoms with Crippen LogP contribution in [0.2, 0.25) is 0 Å². The van der Waals surface area contributed by atoms with Gasteiger partial charge < -0.3 is 10.1 Å². The highest BCUT2D eigenvalue weighted by Crippen LogP contribution is 2.42. The quantitative estimate of drug-likeness (QED) is 0.635. The third kappa shape index (κ3) is 5.09. The predicted molar refractivity (Wildman–Crippen MR) is 122 cm³/mol. The lowest BCUT2D eigenvalue weighted by molar-refractivity contribution is -0.121. The first-order valence-corrected chi connectivity index (χ1v) is 11.6. The third-order valence-corrected chi connectivity index (χ3v) is 6.99. The molecule has 166 valence electrons. The summed E-state index contributed by atoms with van der Waals surface area (Å²) in [5.41, 5.74) is 1.08. The Labute approximate surface area is 184 Å². The highest BCUT2D eigenvalue weighted by molar-refractivity contribution is 5.99. The molecule has 2 aliphatic rings. The van der Waals surface area contributed by atoms with Crippen LogP contribution in [0.25, 0.3) is 0 Å². The smallest absolute Gasteiger partial charge is 0.235 e. The average molecular weight is 425 g/mol. The summed E-state index contributed by atoms with van der Waals surface area (Å²) in [6.07, 6.45) is 7.47. The van der Waals surface area contributed by atoms with E-state index in [0.717, 1.165) is 55.8 Å². The molecule has 2 fully saturated rings. The van der Waals surface area contributed by atoms with Crippen LogP contribution >= 0.6 is 0 Å². The van der Waals surface area contributed by atoms with E-state index in [4.69, 9.17) is 4.74 Å². The maximum absolute atomic E-state index is 13.4. The first-order valence-electron chi connectivity index (χ1n) is 11.6. The van der Waals surface area contributed by atoms with Crippen LogP contribution in [0, 0.1) is 5.82 Å². The van der Waals surface area contributed by atoms with E-state index in [0.29, 0.717) is 12.6 Å². The molecule has 5 heteroatoms. The average Bonchev–Trinajstić information content (AvgIpc) is 3.28. The molecule has 2 aromatic carbocycles. The van der Waals surface area contributed by atoms with Crippen LogP contribution in [0.15, 0.2) is 48.5 Å². The van der Waals surface area contributed by atoms with Gasteiger partial charge in [0.25, 0.3) is 0 Å². The van der Waals surface area contributed by atoms with E-state index in [1.807, 2.05) is 24.3 Å². The Hall–Kier alpha value is -2.40. The first-order chi connectivity index (χ1) is 15.1. The molecule has 0 aromatic heterocycles. The fraction of sp³-hybridized carbons (Fsp3) is 0.500. The summed E-state index contributed by atoms with van der Waals surface area (Å²) in [4.78, 5) is 15.7. The van der Waals surface area contributed by atoms with Crippen molar-refractivity contribution in [2.45, 2.75) is 63.3 Å². The molecule has 4 nitrogen and oxygen atoms in total. The van der Waals surface area contributed by atoms with Gasteiger partial charge in [0.15, 0.2) is 0 Å². The summed E-state index contributed by atoms with van der Waals surface area (Å²) < 4.78 is 19.3. The van der Waals surface area contributed by atoms with Gasteiger partial charge in [0.05, 0.1) is 5.41 Å². The maximum Gasteiger partial charge on any atom is 0.235 e. The minimum absolute atomic E-state index is 0.00985. The lowest BCUT2D eigenvalue weighted by atomic mass is 9.78. The molecule has 4 rings (SSSR count). The Morgan fingerprint density at radius 1 is 1.06 bits per heavy atom. The number of carbonyl (C=O) groups is 1. The molecule has 1 amide bonds. The fourth-order valence-electron chi connectivity index (χ4n) is 5.05. The van der Waals surface area contributed by atoms with Gasteiger partial charge in [-0.2, -0.15) is 0 Å². The van der Waals surface area contributed by atoms with Crippen molar-refractivity contribution in [2.24, 2.45) is 0 Å². The van der Waals surface area contributed by atoms with Gasteiger partial charge in [-0.3, -0.25) is 9.69 Å². The van der Waals surface area contributed by atoms with Gasteiger partial charge in [-0.25, -0.2) is 4.39 Å². The summed E-state index contributed by atoms with van der Waals surface area (Å²) in [6.45, 7) is 5.06. The lowest BCUT2D eigenvalue weighted by Crippen LogP contribution is -2.39. The fourth-order valence-corrected chi connectivity index (χ4v) is 5.05. The van der Waals surface area contributed by atoms with Crippen LogP contribution in [0.3, 0.4) is 0 Å². The van der Waals surface area contributed by atoms with Crippen LogP contribution in [0.5, 0.6) is 5.75 Å². The van der Waals surface area contributed by atoms with Crippen LogP contribution in [0.1, 0.15) is 57.4 Å². The monoisotopic (exact) mass is 424 g/mol. The number of halogens is 1. The summed E-state index contributed by atoms with van der Waals surface area (Å²) in [7, 11) is 0.